The van der Waals surface area contributed by atoms with Crippen molar-refractivity contribution in [2.45, 2.75) is 0 Å². The molecule has 23 heavy (non-hydrogen) atoms. The molecule has 0 unspecified atom stereocenters. The summed E-state index contributed by atoms with van der Waals surface area (Å²) < 4.78 is 28.7. The molecule has 1 aromatic carbocycles. The van der Waals surface area contributed by atoms with Gasteiger partial charge in [0, 0.05) is 12.8 Å². The molecule has 0 atom stereocenters. The van der Waals surface area contributed by atoms with Crippen LogP contribution in [0.25, 0.3) is 21.0 Å². The van der Waals surface area contributed by atoms with Crippen molar-refractivity contribution in [1.82, 2.24) is 10.3 Å². The van der Waals surface area contributed by atoms with E-state index >= 15 is 0 Å². The number of para-hydroxylation sites is 1. The van der Waals surface area contributed by atoms with E-state index in [9.17, 15) is 13.2 Å². The lowest BCUT2D eigenvalue weighted by atomic mass is 10.3. The fraction of sp³-hybridized carbons (Fsp3) is 0.200. The number of benzene rings is 1. The lowest BCUT2D eigenvalue weighted by molar-refractivity contribution is 0.0929. The number of hydrogen-bond donors (Lipinski definition) is 1. The number of fused-ring (bicyclic) bond motifs is 1. The highest BCUT2D eigenvalue weighted by atomic mass is 32.2. The van der Waals surface area contributed by atoms with E-state index in [1.807, 2.05) is 24.3 Å². The molecule has 8 heteroatoms. The van der Waals surface area contributed by atoms with Gasteiger partial charge in [0.2, 0.25) is 0 Å². The summed E-state index contributed by atoms with van der Waals surface area (Å²) in [6.45, 7) is 0.0504. The van der Waals surface area contributed by atoms with Crippen molar-refractivity contribution >= 4 is 37.3 Å². The van der Waals surface area contributed by atoms with Crippen molar-refractivity contribution in [2.75, 3.05) is 18.6 Å². The molecule has 0 aliphatic rings. The van der Waals surface area contributed by atoms with Crippen LogP contribution in [-0.2, 0) is 9.84 Å². The van der Waals surface area contributed by atoms with Gasteiger partial charge in [0.15, 0.2) is 16.5 Å². The number of carbonyl (C=O) groups excluding carboxylic acids is 1. The molecule has 2 aromatic heterocycles. The minimum Gasteiger partial charge on any atom is -0.448 e. The highest BCUT2D eigenvalue weighted by Gasteiger charge is 2.15. The van der Waals surface area contributed by atoms with Gasteiger partial charge in [0.05, 0.1) is 16.0 Å². The first kappa shape index (κ1) is 15.7. The maximum Gasteiger partial charge on any atom is 0.287 e. The maximum atomic E-state index is 11.9. The molecular formula is C15H14N2O4S2. The molecule has 120 valence electrons. The van der Waals surface area contributed by atoms with Gasteiger partial charge in [0.1, 0.15) is 9.84 Å². The zero-order valence-electron chi connectivity index (χ0n) is 12.3. The zero-order chi connectivity index (χ0) is 16.4. The average Bonchev–Trinajstić information content (AvgIpc) is 3.12. The van der Waals surface area contributed by atoms with Crippen LogP contribution in [0.1, 0.15) is 10.6 Å². The molecule has 0 fully saturated rings. The smallest absolute Gasteiger partial charge is 0.287 e. The summed E-state index contributed by atoms with van der Waals surface area (Å²) in [4.78, 5) is 16.4. The minimum atomic E-state index is -3.11. The Labute approximate surface area is 137 Å². The highest BCUT2D eigenvalue weighted by Crippen LogP contribution is 2.30. The van der Waals surface area contributed by atoms with E-state index in [4.69, 9.17) is 4.42 Å². The first-order valence-electron chi connectivity index (χ1n) is 6.84. The van der Waals surface area contributed by atoms with Crippen LogP contribution in [0.3, 0.4) is 0 Å². The summed E-state index contributed by atoms with van der Waals surface area (Å²) in [6, 6.07) is 11.0. The fourth-order valence-corrected chi connectivity index (χ4v) is 3.39. The number of amides is 1. The van der Waals surface area contributed by atoms with Gasteiger partial charge < -0.3 is 9.73 Å². The van der Waals surface area contributed by atoms with Gasteiger partial charge in [-0.3, -0.25) is 4.79 Å². The predicted octanol–water partition coefficient (Wildman–Crippen LogP) is 2.33. The van der Waals surface area contributed by atoms with Crippen molar-refractivity contribution in [3.8, 4) is 10.8 Å². The monoisotopic (exact) mass is 350 g/mol. The summed E-state index contributed by atoms with van der Waals surface area (Å²) in [5.74, 6) is 0.0951. The molecule has 6 nitrogen and oxygen atoms in total. The van der Waals surface area contributed by atoms with Crippen molar-refractivity contribution < 1.29 is 17.6 Å². The Kier molecular flexibility index (Phi) is 4.18. The Morgan fingerprint density at radius 3 is 2.78 bits per heavy atom. The van der Waals surface area contributed by atoms with Crippen molar-refractivity contribution in [3.05, 3.63) is 42.2 Å². The third kappa shape index (κ3) is 3.77. The van der Waals surface area contributed by atoms with Crippen LogP contribution >= 0.6 is 11.3 Å². The number of nitrogens with one attached hydrogen (secondary N) is 1. The Morgan fingerprint density at radius 1 is 1.26 bits per heavy atom. The van der Waals surface area contributed by atoms with Crippen LogP contribution in [0.4, 0.5) is 0 Å². The van der Waals surface area contributed by atoms with Gasteiger partial charge in [-0.25, -0.2) is 13.4 Å². The average molecular weight is 350 g/mol. The normalized spacial score (nSPS) is 11.7. The van der Waals surface area contributed by atoms with E-state index < -0.39 is 15.7 Å². The first-order valence-corrected chi connectivity index (χ1v) is 9.72. The predicted molar refractivity (Wildman–Crippen MR) is 89.4 cm³/mol. The summed E-state index contributed by atoms with van der Waals surface area (Å²) in [7, 11) is -3.11. The zero-order valence-corrected chi connectivity index (χ0v) is 13.9. The van der Waals surface area contributed by atoms with Crippen molar-refractivity contribution in [3.63, 3.8) is 0 Å². The molecule has 0 saturated carbocycles. The van der Waals surface area contributed by atoms with Gasteiger partial charge in [-0.2, -0.15) is 0 Å². The van der Waals surface area contributed by atoms with Crippen LogP contribution in [0, 0.1) is 0 Å². The second kappa shape index (κ2) is 6.13. The highest BCUT2D eigenvalue weighted by molar-refractivity contribution is 7.90. The van der Waals surface area contributed by atoms with Crippen molar-refractivity contribution in [1.29, 1.82) is 0 Å². The largest absolute Gasteiger partial charge is 0.448 e. The lowest BCUT2D eigenvalue weighted by Crippen LogP contribution is -2.28. The van der Waals surface area contributed by atoms with Gasteiger partial charge in [0.25, 0.3) is 5.91 Å². The molecule has 0 spiro atoms. The van der Waals surface area contributed by atoms with Crippen LogP contribution in [-0.4, -0.2) is 37.9 Å². The number of aromatic nitrogens is 1. The second-order valence-corrected chi connectivity index (χ2v) is 8.33. The summed E-state index contributed by atoms with van der Waals surface area (Å²) in [5, 5.41) is 3.21. The van der Waals surface area contributed by atoms with E-state index in [1.54, 1.807) is 12.1 Å². The van der Waals surface area contributed by atoms with Gasteiger partial charge in [-0.05, 0) is 24.3 Å². The Balaban J connectivity index is 1.73. The third-order valence-corrected chi connectivity index (χ3v) is 5.09. The van der Waals surface area contributed by atoms with Crippen LogP contribution in [0.2, 0.25) is 0 Å². The number of hydrogen-bond acceptors (Lipinski definition) is 6. The maximum absolute atomic E-state index is 11.9. The first-order chi connectivity index (χ1) is 10.9. The number of carbonyl (C=O) groups is 1. The van der Waals surface area contributed by atoms with Gasteiger partial charge in [-0.1, -0.05) is 12.1 Å². The SMILES string of the molecule is CS(=O)(=O)CCNC(=O)c1ccc(-c2nc3ccccc3s2)o1. The molecule has 0 saturated heterocycles. The van der Waals surface area contributed by atoms with Crippen LogP contribution in [0.15, 0.2) is 40.8 Å². The summed E-state index contributed by atoms with van der Waals surface area (Å²) in [6.07, 6.45) is 1.12. The topological polar surface area (TPSA) is 89.3 Å². The third-order valence-electron chi connectivity index (χ3n) is 3.09. The quantitative estimate of drug-likeness (QED) is 0.763. The fourth-order valence-electron chi connectivity index (χ4n) is 1.99. The van der Waals surface area contributed by atoms with E-state index in [1.165, 1.54) is 11.3 Å². The summed E-state index contributed by atoms with van der Waals surface area (Å²) >= 11 is 1.48. The molecule has 1 amide bonds. The van der Waals surface area contributed by atoms with Crippen LogP contribution < -0.4 is 5.32 Å². The molecule has 1 N–H and O–H groups in total. The number of furan rings is 1. The molecule has 2 heterocycles. The minimum absolute atomic E-state index is 0.0504. The number of nitrogens with zero attached hydrogens (tertiary/aromatic N) is 1. The van der Waals surface area contributed by atoms with Gasteiger partial charge in [-0.15, -0.1) is 11.3 Å². The number of sulfone groups is 1. The summed E-state index contributed by atoms with van der Waals surface area (Å²) in [5.41, 5.74) is 0.878. The Bertz CT molecular complexity index is 924. The molecule has 0 aliphatic carbocycles. The molecule has 0 radical (unpaired) electrons. The molecular weight excluding hydrogens is 336 g/mol. The Hall–Kier alpha value is -2.19. The molecule has 0 aliphatic heterocycles. The lowest BCUT2D eigenvalue weighted by Gasteiger charge is -2.01. The molecule has 3 aromatic rings. The van der Waals surface area contributed by atoms with Crippen LogP contribution in [0.5, 0.6) is 0 Å². The van der Waals surface area contributed by atoms with E-state index in [-0.39, 0.29) is 18.1 Å². The van der Waals surface area contributed by atoms with E-state index in [0.29, 0.717) is 10.8 Å². The molecule has 3 rings (SSSR count). The molecule has 0 bridgehead atoms. The second-order valence-electron chi connectivity index (χ2n) is 5.04. The van der Waals surface area contributed by atoms with Crippen molar-refractivity contribution in [2.24, 2.45) is 0 Å². The Morgan fingerprint density at radius 2 is 2.04 bits per heavy atom. The number of rotatable bonds is 5. The standard InChI is InChI=1S/C15H14N2O4S2/c1-23(19,20)9-8-16-14(18)11-6-7-12(21-11)15-17-10-4-2-3-5-13(10)22-15/h2-7H,8-9H2,1H3,(H,16,18). The van der Waals surface area contributed by atoms with E-state index in [2.05, 4.69) is 10.3 Å². The van der Waals surface area contributed by atoms with Gasteiger partial charge >= 0.3 is 0 Å². The van der Waals surface area contributed by atoms with E-state index in [0.717, 1.165) is 16.5 Å². The number of thiazole rings is 1.